The number of allylic oxidation sites excluding steroid dienone is 2. The highest BCUT2D eigenvalue weighted by atomic mass is 16.7. The first-order chi connectivity index (χ1) is 7.22. The van der Waals surface area contributed by atoms with Gasteiger partial charge in [-0.1, -0.05) is 6.92 Å². The second kappa shape index (κ2) is 4.35. The van der Waals surface area contributed by atoms with Gasteiger partial charge in [0.05, 0.1) is 0 Å². The SMILES string of the molecule is CCO[C@@H]1C[C@H](C)C2=C(CCCC2=O)O1. The van der Waals surface area contributed by atoms with E-state index in [2.05, 4.69) is 6.92 Å². The molecular formula is C12H18O3. The van der Waals surface area contributed by atoms with Gasteiger partial charge in [0.2, 0.25) is 0 Å². The Morgan fingerprint density at radius 3 is 3.00 bits per heavy atom. The van der Waals surface area contributed by atoms with Crippen LogP contribution < -0.4 is 0 Å². The van der Waals surface area contributed by atoms with Crippen molar-refractivity contribution < 1.29 is 14.3 Å². The summed E-state index contributed by atoms with van der Waals surface area (Å²) in [6, 6.07) is 0. The number of carbonyl (C=O) groups is 1. The van der Waals surface area contributed by atoms with Crippen LogP contribution in [0.3, 0.4) is 0 Å². The Balaban J connectivity index is 2.17. The minimum absolute atomic E-state index is 0.144. The van der Waals surface area contributed by atoms with Gasteiger partial charge in [0.1, 0.15) is 5.76 Å². The molecule has 2 atom stereocenters. The van der Waals surface area contributed by atoms with E-state index in [1.807, 2.05) is 6.92 Å². The van der Waals surface area contributed by atoms with Gasteiger partial charge in [-0.3, -0.25) is 4.79 Å². The average Bonchev–Trinajstić information content (AvgIpc) is 2.17. The van der Waals surface area contributed by atoms with Crippen molar-refractivity contribution >= 4 is 5.78 Å². The Kier molecular flexibility index (Phi) is 3.10. The summed E-state index contributed by atoms with van der Waals surface area (Å²) in [5.74, 6) is 1.46. The molecule has 1 aliphatic carbocycles. The first kappa shape index (κ1) is 10.7. The summed E-state index contributed by atoms with van der Waals surface area (Å²) in [5.41, 5.74) is 0.928. The predicted octanol–water partition coefficient (Wildman–Crippen LogP) is 2.41. The Morgan fingerprint density at radius 1 is 1.47 bits per heavy atom. The molecule has 1 heterocycles. The largest absolute Gasteiger partial charge is 0.469 e. The minimum atomic E-state index is -0.144. The molecule has 0 aromatic carbocycles. The van der Waals surface area contributed by atoms with Crippen molar-refractivity contribution in [1.82, 2.24) is 0 Å². The lowest BCUT2D eigenvalue weighted by Crippen LogP contribution is -2.31. The number of ether oxygens (including phenoxy) is 2. The van der Waals surface area contributed by atoms with Crippen molar-refractivity contribution in [1.29, 1.82) is 0 Å². The summed E-state index contributed by atoms with van der Waals surface area (Å²) in [4.78, 5) is 11.7. The van der Waals surface area contributed by atoms with Crippen LogP contribution in [-0.2, 0) is 14.3 Å². The molecule has 2 aliphatic rings. The topological polar surface area (TPSA) is 35.5 Å². The molecule has 0 saturated carbocycles. The Bertz CT molecular complexity index is 293. The van der Waals surface area contributed by atoms with Crippen LogP contribution >= 0.6 is 0 Å². The van der Waals surface area contributed by atoms with E-state index in [-0.39, 0.29) is 18.0 Å². The van der Waals surface area contributed by atoms with Crippen LogP contribution in [0.2, 0.25) is 0 Å². The maximum atomic E-state index is 11.7. The van der Waals surface area contributed by atoms with Gasteiger partial charge in [-0.15, -0.1) is 0 Å². The smallest absolute Gasteiger partial charge is 0.199 e. The third-order valence-electron chi connectivity index (χ3n) is 3.07. The van der Waals surface area contributed by atoms with Crippen molar-refractivity contribution in [3.63, 3.8) is 0 Å². The third kappa shape index (κ3) is 2.07. The van der Waals surface area contributed by atoms with E-state index in [4.69, 9.17) is 9.47 Å². The van der Waals surface area contributed by atoms with Crippen LogP contribution in [0.4, 0.5) is 0 Å². The second-order valence-corrected chi connectivity index (χ2v) is 4.25. The lowest BCUT2D eigenvalue weighted by molar-refractivity contribution is -0.140. The summed E-state index contributed by atoms with van der Waals surface area (Å²) in [6.07, 6.45) is 3.16. The fraction of sp³-hybridized carbons (Fsp3) is 0.750. The zero-order chi connectivity index (χ0) is 10.8. The van der Waals surface area contributed by atoms with Crippen LogP contribution in [0.15, 0.2) is 11.3 Å². The normalized spacial score (nSPS) is 31.2. The molecule has 2 rings (SSSR count). The van der Waals surface area contributed by atoms with Gasteiger partial charge in [0.25, 0.3) is 0 Å². The van der Waals surface area contributed by atoms with E-state index >= 15 is 0 Å². The maximum absolute atomic E-state index is 11.7. The van der Waals surface area contributed by atoms with Crippen molar-refractivity contribution in [2.75, 3.05) is 6.61 Å². The molecule has 0 saturated heterocycles. The fourth-order valence-corrected chi connectivity index (χ4v) is 2.41. The van der Waals surface area contributed by atoms with Crippen LogP contribution in [0.1, 0.15) is 39.5 Å². The number of hydrogen-bond donors (Lipinski definition) is 0. The molecule has 0 N–H and O–H groups in total. The molecule has 0 unspecified atom stereocenters. The molecule has 3 nitrogen and oxygen atoms in total. The summed E-state index contributed by atoms with van der Waals surface area (Å²) in [5, 5.41) is 0. The van der Waals surface area contributed by atoms with Crippen molar-refractivity contribution in [2.45, 2.75) is 45.8 Å². The monoisotopic (exact) mass is 210 g/mol. The molecule has 1 aliphatic heterocycles. The second-order valence-electron chi connectivity index (χ2n) is 4.25. The Hall–Kier alpha value is -0.830. The minimum Gasteiger partial charge on any atom is -0.469 e. The van der Waals surface area contributed by atoms with Crippen molar-refractivity contribution in [2.24, 2.45) is 5.92 Å². The summed E-state index contributed by atoms with van der Waals surface area (Å²) < 4.78 is 11.2. The molecule has 3 heteroatoms. The molecule has 15 heavy (non-hydrogen) atoms. The standard InChI is InChI=1S/C12H18O3/c1-3-14-11-7-8(2)12-9(13)5-4-6-10(12)15-11/h8,11H,3-7H2,1-2H3/t8-,11-/m0/s1. The predicted molar refractivity (Wildman–Crippen MR) is 56.2 cm³/mol. The number of Topliss-reactive ketones (excluding diaryl/α,β-unsaturated/α-hetero) is 1. The summed E-state index contributed by atoms with van der Waals surface area (Å²) >= 11 is 0. The molecular weight excluding hydrogens is 192 g/mol. The van der Waals surface area contributed by atoms with E-state index in [0.717, 1.165) is 30.6 Å². The lowest BCUT2D eigenvalue weighted by atomic mass is 9.84. The Morgan fingerprint density at radius 2 is 2.27 bits per heavy atom. The molecule has 84 valence electrons. The number of hydrogen-bond acceptors (Lipinski definition) is 3. The average molecular weight is 210 g/mol. The Labute approximate surface area is 90.4 Å². The van der Waals surface area contributed by atoms with Crippen molar-refractivity contribution in [3.05, 3.63) is 11.3 Å². The number of ketones is 1. The van der Waals surface area contributed by atoms with E-state index in [0.29, 0.717) is 13.0 Å². The van der Waals surface area contributed by atoms with Gasteiger partial charge in [-0.05, 0) is 19.3 Å². The van der Waals surface area contributed by atoms with Crippen LogP contribution in [0, 0.1) is 5.92 Å². The van der Waals surface area contributed by atoms with Gasteiger partial charge in [-0.25, -0.2) is 0 Å². The third-order valence-corrected chi connectivity index (χ3v) is 3.07. The van der Waals surface area contributed by atoms with Crippen LogP contribution in [0.5, 0.6) is 0 Å². The zero-order valence-corrected chi connectivity index (χ0v) is 9.41. The van der Waals surface area contributed by atoms with E-state index in [1.54, 1.807) is 0 Å². The van der Waals surface area contributed by atoms with Gasteiger partial charge in [-0.2, -0.15) is 0 Å². The quantitative estimate of drug-likeness (QED) is 0.702. The number of carbonyl (C=O) groups excluding carboxylic acids is 1. The summed E-state index contributed by atoms with van der Waals surface area (Å²) in [6.45, 7) is 4.71. The first-order valence-corrected chi connectivity index (χ1v) is 5.77. The van der Waals surface area contributed by atoms with Crippen LogP contribution in [0.25, 0.3) is 0 Å². The van der Waals surface area contributed by atoms with E-state index in [9.17, 15) is 4.79 Å². The molecule has 0 aromatic rings. The van der Waals surface area contributed by atoms with Gasteiger partial charge < -0.3 is 9.47 Å². The van der Waals surface area contributed by atoms with E-state index in [1.165, 1.54) is 0 Å². The maximum Gasteiger partial charge on any atom is 0.199 e. The van der Waals surface area contributed by atoms with Gasteiger partial charge in [0.15, 0.2) is 12.1 Å². The van der Waals surface area contributed by atoms with Gasteiger partial charge >= 0.3 is 0 Å². The van der Waals surface area contributed by atoms with Crippen molar-refractivity contribution in [3.8, 4) is 0 Å². The molecule has 0 bridgehead atoms. The molecule has 0 amide bonds. The highest BCUT2D eigenvalue weighted by Gasteiger charge is 2.33. The molecule has 0 fully saturated rings. The zero-order valence-electron chi connectivity index (χ0n) is 9.41. The first-order valence-electron chi connectivity index (χ1n) is 5.77. The molecule has 0 radical (unpaired) electrons. The van der Waals surface area contributed by atoms with Gasteiger partial charge in [0, 0.05) is 31.4 Å². The highest BCUT2D eigenvalue weighted by molar-refractivity contribution is 5.97. The number of rotatable bonds is 2. The van der Waals surface area contributed by atoms with E-state index < -0.39 is 0 Å². The van der Waals surface area contributed by atoms with Crippen LogP contribution in [-0.4, -0.2) is 18.7 Å². The molecule has 0 spiro atoms. The molecule has 0 aromatic heterocycles. The fourth-order valence-electron chi connectivity index (χ4n) is 2.41. The summed E-state index contributed by atoms with van der Waals surface area (Å²) in [7, 11) is 0. The highest BCUT2D eigenvalue weighted by Crippen LogP contribution is 2.36. The lowest BCUT2D eigenvalue weighted by Gasteiger charge is -2.33.